The predicted octanol–water partition coefficient (Wildman–Crippen LogP) is 7.99. The highest BCUT2D eigenvalue weighted by Crippen LogP contribution is 2.31. The molecule has 47 heavy (non-hydrogen) atoms. The van der Waals surface area contributed by atoms with Gasteiger partial charge in [0.05, 0.1) is 16.9 Å². The van der Waals surface area contributed by atoms with Crippen LogP contribution in [0.15, 0.2) is 143 Å². The van der Waals surface area contributed by atoms with E-state index in [1.807, 2.05) is 42.5 Å². The van der Waals surface area contributed by atoms with Crippen LogP contribution in [0.1, 0.15) is 36.1 Å². The molecule has 0 spiro atoms. The van der Waals surface area contributed by atoms with Crippen LogP contribution in [-0.4, -0.2) is 41.6 Å². The Morgan fingerprint density at radius 2 is 1.49 bits per heavy atom. The molecule has 8 nitrogen and oxygen atoms in total. The molecule has 0 heterocycles. The normalized spacial score (nSPS) is 12.8. The number of anilines is 1. The Balaban J connectivity index is 1.42. The van der Waals surface area contributed by atoms with Crippen molar-refractivity contribution in [3.8, 4) is 0 Å². The molecule has 242 valence electrons. The molecule has 0 amide bonds. The van der Waals surface area contributed by atoms with Gasteiger partial charge in [-0.15, -0.1) is 4.33 Å². The monoisotopic (exact) mass is 669 g/mol. The molecule has 2 N–H and O–H groups in total. The van der Waals surface area contributed by atoms with E-state index in [4.69, 9.17) is 5.26 Å². The molecule has 1 aliphatic carbocycles. The van der Waals surface area contributed by atoms with Gasteiger partial charge in [0, 0.05) is 41.4 Å². The van der Waals surface area contributed by atoms with E-state index >= 15 is 0 Å². The lowest BCUT2D eigenvalue weighted by molar-refractivity contribution is -0.539. The summed E-state index contributed by atoms with van der Waals surface area (Å²) in [5, 5.41) is 12.2. The second-order valence-corrected chi connectivity index (χ2v) is 13.1. The average Bonchev–Trinajstić information content (AvgIpc) is 3.10. The topological polar surface area (TPSA) is 99.3 Å². The van der Waals surface area contributed by atoms with Gasteiger partial charge in [-0.3, -0.25) is 4.55 Å². The number of allylic oxidation sites excluding steroid dienone is 5. The van der Waals surface area contributed by atoms with Gasteiger partial charge in [-0.05, 0) is 90.2 Å². The Morgan fingerprint density at radius 1 is 0.809 bits per heavy atom. The molecule has 0 atom stereocenters. The lowest BCUT2D eigenvalue weighted by Crippen LogP contribution is -2.21. The van der Waals surface area contributed by atoms with Gasteiger partial charge in [-0.1, -0.05) is 71.8 Å². The summed E-state index contributed by atoms with van der Waals surface area (Å²) in [6, 6.07) is 33.2. The van der Waals surface area contributed by atoms with Crippen molar-refractivity contribution < 1.29 is 32.2 Å². The van der Waals surface area contributed by atoms with Crippen molar-refractivity contribution in [2.75, 3.05) is 18.0 Å². The molecule has 0 fully saturated rings. The summed E-state index contributed by atoms with van der Waals surface area (Å²) in [5.74, 6) is 0. The van der Waals surface area contributed by atoms with Crippen LogP contribution < -0.4 is 4.90 Å². The second kappa shape index (κ2) is 16.0. The minimum atomic E-state index is -4.27. The first-order chi connectivity index (χ1) is 22.8. The van der Waals surface area contributed by atoms with Crippen LogP contribution in [0.5, 0.6) is 0 Å². The first-order valence-electron chi connectivity index (χ1n) is 15.2. The molecule has 0 saturated carbocycles. The van der Waals surface area contributed by atoms with Crippen molar-refractivity contribution >= 4 is 39.1 Å². The molecule has 4 aromatic rings. The SMILES string of the molecule is CCN(Cc1cccc(SOOO)c1)c1ccc(C(=C2C=CC(=[N+](CC)Cc3cccc(S(=O)(=O)O)c3)C=C2)c2ccccc2)cc1. The van der Waals surface area contributed by atoms with Gasteiger partial charge in [0.1, 0.15) is 6.54 Å². The maximum atomic E-state index is 11.7. The van der Waals surface area contributed by atoms with Gasteiger partial charge in [-0.25, -0.2) is 9.83 Å². The zero-order valence-electron chi connectivity index (χ0n) is 26.2. The third-order valence-corrected chi connectivity index (χ3v) is 9.30. The Bertz CT molecular complexity index is 1900. The lowest BCUT2D eigenvalue weighted by Gasteiger charge is -2.24. The molecule has 5 rings (SSSR count). The third-order valence-electron chi connectivity index (χ3n) is 7.87. The Labute approximate surface area is 280 Å². The summed E-state index contributed by atoms with van der Waals surface area (Å²) in [5.41, 5.74) is 8.40. The number of benzene rings is 4. The molecule has 4 aromatic carbocycles. The minimum absolute atomic E-state index is 0.107. The highest BCUT2D eigenvalue weighted by Gasteiger charge is 2.17. The molecule has 0 aromatic heterocycles. The number of hydrogen-bond acceptors (Lipinski definition) is 7. The Kier molecular flexibility index (Phi) is 11.6. The van der Waals surface area contributed by atoms with Crippen molar-refractivity contribution in [1.82, 2.24) is 0 Å². The van der Waals surface area contributed by atoms with E-state index < -0.39 is 10.1 Å². The molecular weight excluding hydrogens is 633 g/mol. The molecular formula is C37H37N2O6S2+. The smallest absolute Gasteiger partial charge is 0.294 e. The standard InChI is InChI=1S/C37H36N2O6S2/c1-3-38(26-28-10-8-14-35(24-28)46-45-44-40)33-20-16-31(17-21-33)37(30-12-6-5-7-13-30)32-18-22-34(23-19-32)39(4-2)27-29-11-9-15-36(25-29)47(41,42)43/h5-25H,3-4,26-27H2,1-2H3,(H-,40,41,42,43)/p+1. The molecule has 0 radical (unpaired) electrons. The van der Waals surface area contributed by atoms with Crippen LogP contribution in [0.4, 0.5) is 5.69 Å². The van der Waals surface area contributed by atoms with Crippen LogP contribution >= 0.6 is 12.0 Å². The summed E-state index contributed by atoms with van der Waals surface area (Å²) in [6.45, 7) is 6.92. The summed E-state index contributed by atoms with van der Waals surface area (Å²) < 4.78 is 39.5. The van der Waals surface area contributed by atoms with Crippen molar-refractivity contribution in [1.29, 1.82) is 0 Å². The van der Waals surface area contributed by atoms with Crippen LogP contribution in [0.3, 0.4) is 0 Å². The number of hydrogen-bond donors (Lipinski definition) is 2. The van der Waals surface area contributed by atoms with Crippen molar-refractivity contribution in [3.63, 3.8) is 0 Å². The van der Waals surface area contributed by atoms with Gasteiger partial charge in [0.25, 0.3) is 10.1 Å². The van der Waals surface area contributed by atoms with Crippen LogP contribution in [0.2, 0.25) is 0 Å². The fourth-order valence-corrected chi connectivity index (χ4v) is 6.54. The number of rotatable bonds is 13. The van der Waals surface area contributed by atoms with Crippen molar-refractivity contribution in [2.24, 2.45) is 0 Å². The maximum Gasteiger partial charge on any atom is 0.294 e. The van der Waals surface area contributed by atoms with E-state index in [9.17, 15) is 13.0 Å². The van der Waals surface area contributed by atoms with Gasteiger partial charge >= 0.3 is 0 Å². The van der Waals surface area contributed by atoms with E-state index in [2.05, 4.69) is 99.5 Å². The van der Waals surface area contributed by atoms with Gasteiger partial charge in [0.15, 0.2) is 12.3 Å². The van der Waals surface area contributed by atoms with Crippen molar-refractivity contribution in [3.05, 3.63) is 155 Å². The largest absolute Gasteiger partial charge is 0.367 e. The predicted molar refractivity (Wildman–Crippen MR) is 187 cm³/mol. The highest BCUT2D eigenvalue weighted by molar-refractivity contribution is 7.94. The summed E-state index contributed by atoms with van der Waals surface area (Å²) >= 11 is 0.946. The Hall–Kier alpha value is -4.29. The zero-order chi connectivity index (χ0) is 33.2. The van der Waals surface area contributed by atoms with E-state index in [0.717, 1.165) is 68.3 Å². The van der Waals surface area contributed by atoms with Crippen LogP contribution in [0, 0.1) is 0 Å². The molecule has 0 saturated heterocycles. The molecule has 1 aliphatic rings. The molecule has 0 aliphatic heterocycles. The van der Waals surface area contributed by atoms with Crippen LogP contribution in [0.25, 0.3) is 5.57 Å². The number of nitrogens with zero attached hydrogens (tertiary/aromatic N) is 2. The van der Waals surface area contributed by atoms with E-state index in [1.165, 1.54) is 12.1 Å². The first kappa shape index (κ1) is 34.1. The fourth-order valence-electron chi connectivity index (χ4n) is 5.55. The average molecular weight is 670 g/mol. The van der Waals surface area contributed by atoms with Crippen molar-refractivity contribution in [2.45, 2.75) is 36.7 Å². The van der Waals surface area contributed by atoms with Gasteiger partial charge < -0.3 is 4.90 Å². The lowest BCUT2D eigenvalue weighted by atomic mass is 9.90. The third kappa shape index (κ3) is 8.95. The molecule has 10 heteroatoms. The summed E-state index contributed by atoms with van der Waals surface area (Å²) in [6.07, 6.45) is 8.42. The van der Waals surface area contributed by atoms with E-state index in [0.29, 0.717) is 19.6 Å². The minimum Gasteiger partial charge on any atom is -0.367 e. The quantitative estimate of drug-likeness (QED) is 0.0486. The summed E-state index contributed by atoms with van der Waals surface area (Å²) in [7, 11) is -4.27. The molecule has 0 bridgehead atoms. The molecule has 0 unspecified atom stereocenters. The van der Waals surface area contributed by atoms with Crippen LogP contribution in [-0.2, 0) is 32.6 Å². The zero-order valence-corrected chi connectivity index (χ0v) is 27.8. The van der Waals surface area contributed by atoms with Gasteiger partial charge in [0.2, 0.25) is 0 Å². The fraction of sp³-hybridized carbons (Fsp3) is 0.162. The highest BCUT2D eigenvalue weighted by atomic mass is 32.2. The first-order valence-corrected chi connectivity index (χ1v) is 17.4. The maximum absolute atomic E-state index is 11.7. The Morgan fingerprint density at radius 3 is 2.15 bits per heavy atom. The van der Waals surface area contributed by atoms with E-state index in [-0.39, 0.29) is 4.90 Å². The van der Waals surface area contributed by atoms with E-state index in [1.54, 1.807) is 6.07 Å². The second-order valence-electron chi connectivity index (χ2n) is 10.9. The summed E-state index contributed by atoms with van der Waals surface area (Å²) in [4.78, 5) is 3.01. The van der Waals surface area contributed by atoms with Gasteiger partial charge in [-0.2, -0.15) is 8.42 Å².